The van der Waals surface area contributed by atoms with Crippen molar-refractivity contribution in [2.24, 2.45) is 0 Å². The molecule has 242 valence electrons. The average molecular weight is 634 g/mol. The van der Waals surface area contributed by atoms with Gasteiger partial charge in [-0.15, -0.1) is 0 Å². The largest absolute Gasteiger partial charge is 0.406 e. The van der Waals surface area contributed by atoms with Crippen LogP contribution in [-0.4, -0.2) is 86.6 Å². The van der Waals surface area contributed by atoms with Crippen molar-refractivity contribution >= 4 is 22.5 Å². The Balaban J connectivity index is 1.23. The highest BCUT2D eigenvalue weighted by molar-refractivity contribution is 5.96. The first-order valence-corrected chi connectivity index (χ1v) is 14.7. The SMILES string of the molecule is CN1CC[C@@](O)(F)[C@H](Nc2cccc3c2cc(-c2noc(CNC(=O)c4ccn(C5(C)CCOCC5)c4)n2)n3CC(F)(F)F)C1. The number of alkyl halides is 4. The van der Waals surface area contributed by atoms with Gasteiger partial charge in [-0.1, -0.05) is 11.2 Å². The van der Waals surface area contributed by atoms with Gasteiger partial charge in [-0.3, -0.25) is 4.79 Å². The number of rotatable bonds is 8. The summed E-state index contributed by atoms with van der Waals surface area (Å²) in [6.07, 6.45) is 0.594. The summed E-state index contributed by atoms with van der Waals surface area (Å²) in [6, 6.07) is 6.86. The first kappa shape index (κ1) is 31.0. The Bertz CT molecular complexity index is 1670. The maximum atomic E-state index is 15.0. The number of nitrogens with zero attached hydrogens (tertiary/aromatic N) is 5. The van der Waals surface area contributed by atoms with E-state index in [1.807, 2.05) is 15.7 Å². The van der Waals surface area contributed by atoms with Crippen molar-refractivity contribution in [1.29, 1.82) is 0 Å². The van der Waals surface area contributed by atoms with Gasteiger partial charge in [0.25, 0.3) is 5.91 Å². The average Bonchev–Trinajstić information content (AvgIpc) is 3.74. The molecule has 2 fully saturated rings. The van der Waals surface area contributed by atoms with Crippen molar-refractivity contribution in [1.82, 2.24) is 29.5 Å². The number of hydrogen-bond donors (Lipinski definition) is 3. The minimum atomic E-state index is -4.58. The van der Waals surface area contributed by atoms with Crippen LogP contribution in [-0.2, 0) is 23.4 Å². The molecule has 3 aromatic heterocycles. The molecular formula is C30H35F4N7O4. The van der Waals surface area contributed by atoms with Gasteiger partial charge in [0.2, 0.25) is 17.6 Å². The van der Waals surface area contributed by atoms with E-state index in [-0.39, 0.29) is 53.9 Å². The molecule has 2 saturated heterocycles. The van der Waals surface area contributed by atoms with Crippen molar-refractivity contribution < 1.29 is 36.7 Å². The fourth-order valence-electron chi connectivity index (χ4n) is 5.98. The summed E-state index contributed by atoms with van der Waals surface area (Å²) in [6.45, 7) is 2.49. The van der Waals surface area contributed by atoms with E-state index >= 15 is 0 Å². The Labute approximate surface area is 256 Å². The molecule has 2 atom stereocenters. The number of aromatic nitrogens is 4. The zero-order valence-corrected chi connectivity index (χ0v) is 24.9. The molecule has 0 unspecified atom stereocenters. The van der Waals surface area contributed by atoms with Gasteiger partial charge >= 0.3 is 6.18 Å². The van der Waals surface area contributed by atoms with E-state index in [1.165, 1.54) is 12.1 Å². The number of piperidine rings is 1. The van der Waals surface area contributed by atoms with Crippen LogP contribution in [0.25, 0.3) is 22.4 Å². The maximum absolute atomic E-state index is 15.0. The van der Waals surface area contributed by atoms with Crippen molar-refractivity contribution in [3.05, 3.63) is 54.2 Å². The van der Waals surface area contributed by atoms with Crippen molar-refractivity contribution in [3.8, 4) is 11.5 Å². The third kappa shape index (κ3) is 6.56. The molecule has 0 saturated carbocycles. The van der Waals surface area contributed by atoms with Gasteiger partial charge in [-0.2, -0.15) is 18.2 Å². The molecule has 1 aromatic carbocycles. The van der Waals surface area contributed by atoms with Crippen LogP contribution < -0.4 is 10.6 Å². The highest BCUT2D eigenvalue weighted by Crippen LogP contribution is 2.36. The molecule has 0 radical (unpaired) electrons. The fraction of sp³-hybridized carbons (Fsp3) is 0.500. The Hall–Kier alpha value is -3.95. The van der Waals surface area contributed by atoms with E-state index in [0.717, 1.165) is 17.4 Å². The third-order valence-corrected chi connectivity index (χ3v) is 8.73. The quantitative estimate of drug-likeness (QED) is 0.246. The molecule has 2 aliphatic heterocycles. The number of carbonyl (C=O) groups excluding carboxylic acids is 1. The van der Waals surface area contributed by atoms with Crippen molar-refractivity contribution in [3.63, 3.8) is 0 Å². The number of carbonyl (C=O) groups is 1. The Morgan fingerprint density at radius 2 is 1.98 bits per heavy atom. The molecule has 2 aliphatic rings. The van der Waals surface area contributed by atoms with Gasteiger partial charge < -0.3 is 39.0 Å². The first-order chi connectivity index (χ1) is 21.3. The van der Waals surface area contributed by atoms with Crippen LogP contribution in [0.15, 0.2) is 47.2 Å². The zero-order chi connectivity index (χ0) is 32.0. The summed E-state index contributed by atoms with van der Waals surface area (Å²) in [7, 11) is 1.79. The molecular weight excluding hydrogens is 598 g/mol. The summed E-state index contributed by atoms with van der Waals surface area (Å²) >= 11 is 0. The standard InChI is InChI=1S/C30H35F4N7O4/c1-28(8-12-44-13-9-28)40-10-6-19(16-40)27(42)35-15-25-37-26(38-45-25)23-14-20-21(36-24-17-39(2)11-7-29(24,31)43)4-3-5-22(20)41(23)18-30(32,33)34/h3-6,10,14,16,24,36,43H,7-9,11-13,15,17-18H2,1-2H3,(H,35,42)/t24-,29+/m1/s1. The van der Waals surface area contributed by atoms with Crippen LogP contribution in [0.4, 0.5) is 23.2 Å². The minimum Gasteiger partial charge on any atom is -0.381 e. The Kier molecular flexibility index (Phi) is 8.12. The number of aliphatic hydroxyl groups is 1. The number of amides is 1. The van der Waals surface area contributed by atoms with Gasteiger partial charge in [0, 0.05) is 61.7 Å². The number of hydrogen-bond acceptors (Lipinski definition) is 8. The summed E-state index contributed by atoms with van der Waals surface area (Å²) in [5, 5.41) is 20.3. The van der Waals surface area contributed by atoms with Crippen LogP contribution in [0.5, 0.6) is 0 Å². The van der Waals surface area contributed by atoms with Crippen LogP contribution in [0.2, 0.25) is 0 Å². The van der Waals surface area contributed by atoms with E-state index in [1.54, 1.807) is 31.4 Å². The van der Waals surface area contributed by atoms with Gasteiger partial charge in [0.1, 0.15) is 6.54 Å². The number of fused-ring (bicyclic) bond motifs is 1. The number of likely N-dealkylation sites (N-methyl/N-ethyl adjacent to an activating group) is 1. The fourth-order valence-corrected chi connectivity index (χ4v) is 5.98. The predicted molar refractivity (Wildman–Crippen MR) is 156 cm³/mol. The lowest BCUT2D eigenvalue weighted by molar-refractivity contribution is -0.139. The molecule has 11 nitrogen and oxygen atoms in total. The summed E-state index contributed by atoms with van der Waals surface area (Å²) in [5.41, 5.74) is 0.875. The highest BCUT2D eigenvalue weighted by Gasteiger charge is 2.41. The lowest BCUT2D eigenvalue weighted by atomic mass is 9.92. The number of likely N-dealkylation sites (tertiary alicyclic amines) is 1. The Morgan fingerprint density at radius 1 is 1.20 bits per heavy atom. The summed E-state index contributed by atoms with van der Waals surface area (Å²) < 4.78 is 70.0. The van der Waals surface area contributed by atoms with Gasteiger partial charge in [-0.25, -0.2) is 4.39 Å². The maximum Gasteiger partial charge on any atom is 0.406 e. The number of benzene rings is 1. The molecule has 0 spiro atoms. The lowest BCUT2D eigenvalue weighted by Gasteiger charge is -2.39. The minimum absolute atomic E-state index is 0.00377. The van der Waals surface area contributed by atoms with Crippen LogP contribution in [0.1, 0.15) is 42.4 Å². The third-order valence-electron chi connectivity index (χ3n) is 8.73. The molecule has 3 N–H and O–H groups in total. The number of nitrogens with one attached hydrogen (secondary N) is 2. The second-order valence-corrected chi connectivity index (χ2v) is 12.1. The molecule has 1 amide bonds. The summed E-state index contributed by atoms with van der Waals surface area (Å²) in [5.74, 6) is -2.97. The predicted octanol–water partition coefficient (Wildman–Crippen LogP) is 4.28. The molecule has 5 heterocycles. The normalized spacial score (nSPS) is 22.5. The molecule has 6 rings (SSSR count). The van der Waals surface area contributed by atoms with Gasteiger partial charge in [0.15, 0.2) is 0 Å². The lowest BCUT2D eigenvalue weighted by Crippen LogP contribution is -2.55. The topological polar surface area (TPSA) is 123 Å². The van der Waals surface area contributed by atoms with E-state index < -0.39 is 24.6 Å². The van der Waals surface area contributed by atoms with Crippen molar-refractivity contribution in [2.75, 3.05) is 38.7 Å². The zero-order valence-electron chi connectivity index (χ0n) is 24.9. The molecule has 45 heavy (non-hydrogen) atoms. The van der Waals surface area contributed by atoms with Gasteiger partial charge in [0.05, 0.1) is 29.4 Å². The smallest absolute Gasteiger partial charge is 0.381 e. The molecule has 0 bridgehead atoms. The first-order valence-electron chi connectivity index (χ1n) is 14.7. The second kappa shape index (κ2) is 11.8. The van der Waals surface area contributed by atoms with E-state index in [0.29, 0.717) is 36.4 Å². The number of anilines is 1. The monoisotopic (exact) mass is 633 g/mol. The Morgan fingerprint density at radius 3 is 2.73 bits per heavy atom. The second-order valence-electron chi connectivity index (χ2n) is 12.1. The highest BCUT2D eigenvalue weighted by atomic mass is 19.4. The van der Waals surface area contributed by atoms with Crippen LogP contribution in [0, 0.1) is 0 Å². The van der Waals surface area contributed by atoms with Gasteiger partial charge in [-0.05, 0) is 51.1 Å². The number of halogens is 4. The van der Waals surface area contributed by atoms with E-state index in [9.17, 15) is 27.5 Å². The van der Waals surface area contributed by atoms with Crippen LogP contribution >= 0.6 is 0 Å². The van der Waals surface area contributed by atoms with E-state index in [4.69, 9.17) is 9.26 Å². The number of ether oxygens (including phenoxy) is 1. The van der Waals surface area contributed by atoms with Crippen LogP contribution in [0.3, 0.4) is 0 Å². The van der Waals surface area contributed by atoms with E-state index in [2.05, 4.69) is 27.7 Å². The summed E-state index contributed by atoms with van der Waals surface area (Å²) in [4.78, 5) is 19.0. The van der Waals surface area contributed by atoms with Crippen molar-refractivity contribution in [2.45, 2.75) is 62.9 Å². The molecule has 0 aliphatic carbocycles. The molecule has 15 heteroatoms. The molecule has 4 aromatic rings.